The molecule has 0 amide bonds. The summed E-state index contributed by atoms with van der Waals surface area (Å²) >= 11 is 14.6. The molecule has 3 heteroatoms. The van der Waals surface area contributed by atoms with Crippen molar-refractivity contribution in [3.63, 3.8) is 0 Å². The molecular formula is C4H5ClS2. The first-order chi connectivity index (χ1) is 3.18. The van der Waals surface area contributed by atoms with Crippen molar-refractivity contribution in [2.45, 2.75) is 13.3 Å². The quantitative estimate of drug-likeness (QED) is 0.440. The molecule has 0 radical (unpaired) electrons. The molecule has 0 rings (SSSR count). The summed E-state index contributed by atoms with van der Waals surface area (Å²) in [5.74, 6) is 0. The summed E-state index contributed by atoms with van der Waals surface area (Å²) < 4.78 is 0.331. The van der Waals surface area contributed by atoms with Crippen LogP contribution in [0.3, 0.4) is 0 Å². The predicted molar refractivity (Wildman–Crippen MR) is 41.3 cm³/mol. The molecule has 0 atom stereocenters. The fraction of sp³-hybridized carbons (Fsp3) is 0.500. The van der Waals surface area contributed by atoms with E-state index < -0.39 is 0 Å². The molecule has 0 aromatic carbocycles. The number of hydrogen-bond donors (Lipinski definition) is 0. The third-order valence-corrected chi connectivity index (χ3v) is 1.75. The fourth-order valence-electron chi connectivity index (χ4n) is 0.139. The molecule has 0 aliphatic heterocycles. The van der Waals surface area contributed by atoms with Crippen LogP contribution in [0.4, 0.5) is 0 Å². The molecule has 0 spiro atoms. The van der Waals surface area contributed by atoms with E-state index in [1.807, 2.05) is 6.92 Å². The zero-order chi connectivity index (χ0) is 5.86. The van der Waals surface area contributed by atoms with E-state index in [4.69, 9.17) is 23.8 Å². The van der Waals surface area contributed by atoms with Gasteiger partial charge in [-0.25, -0.2) is 0 Å². The topological polar surface area (TPSA) is 0 Å². The van der Waals surface area contributed by atoms with Crippen LogP contribution < -0.4 is 0 Å². The van der Waals surface area contributed by atoms with Crippen molar-refractivity contribution in [3.8, 4) is 0 Å². The Morgan fingerprint density at radius 1 is 1.57 bits per heavy atom. The highest BCUT2D eigenvalue weighted by atomic mass is 35.5. The van der Waals surface area contributed by atoms with Crippen LogP contribution in [0.5, 0.6) is 0 Å². The lowest BCUT2D eigenvalue weighted by molar-refractivity contribution is 1.34. The van der Waals surface area contributed by atoms with Crippen molar-refractivity contribution in [2.75, 3.05) is 0 Å². The molecule has 0 heterocycles. The normalized spacial score (nSPS) is 8.29. The molecule has 0 bridgehead atoms. The minimum Gasteiger partial charge on any atom is -0.0824 e. The van der Waals surface area contributed by atoms with E-state index in [1.165, 1.54) is 0 Å². The van der Waals surface area contributed by atoms with Gasteiger partial charge in [0.2, 0.25) is 0 Å². The van der Waals surface area contributed by atoms with Crippen LogP contribution in [0, 0.1) is 0 Å². The molecule has 0 aromatic rings. The van der Waals surface area contributed by atoms with Crippen LogP contribution in [0.2, 0.25) is 0 Å². The van der Waals surface area contributed by atoms with E-state index in [9.17, 15) is 0 Å². The zero-order valence-electron chi connectivity index (χ0n) is 3.90. The number of rotatable bonds is 2. The summed E-state index contributed by atoms with van der Waals surface area (Å²) in [6, 6.07) is 0. The highest BCUT2D eigenvalue weighted by Gasteiger charge is 1.93. The Morgan fingerprint density at radius 3 is 2.00 bits per heavy atom. The molecule has 0 saturated heterocycles. The van der Waals surface area contributed by atoms with Crippen molar-refractivity contribution in [2.24, 2.45) is 0 Å². The third kappa shape index (κ3) is 3.09. The molecule has 0 aliphatic carbocycles. The lowest BCUT2D eigenvalue weighted by Crippen LogP contribution is -1.97. The first kappa shape index (κ1) is 7.47. The maximum atomic E-state index is 5.32. The van der Waals surface area contributed by atoms with E-state index in [-0.39, 0.29) is 0 Å². The van der Waals surface area contributed by atoms with Crippen LogP contribution in [0.15, 0.2) is 0 Å². The van der Waals surface area contributed by atoms with Gasteiger partial charge in [0.15, 0.2) is 0 Å². The van der Waals surface area contributed by atoms with Gasteiger partial charge in [0.05, 0.1) is 0 Å². The molecule has 0 aromatic heterocycles. The van der Waals surface area contributed by atoms with Gasteiger partial charge in [-0.2, -0.15) is 0 Å². The van der Waals surface area contributed by atoms with Crippen LogP contribution >= 0.6 is 36.0 Å². The average molecular weight is 153 g/mol. The van der Waals surface area contributed by atoms with E-state index in [2.05, 4.69) is 12.2 Å². The first-order valence-corrected chi connectivity index (χ1v) is 3.10. The van der Waals surface area contributed by atoms with Crippen LogP contribution in [-0.4, -0.2) is 9.19 Å². The number of thiocarbonyl (C=S) groups is 2. The maximum Gasteiger partial charge on any atom is 0.117 e. The van der Waals surface area contributed by atoms with Gasteiger partial charge in [0.1, 0.15) is 4.32 Å². The summed E-state index contributed by atoms with van der Waals surface area (Å²) in [5.41, 5.74) is 0. The maximum absolute atomic E-state index is 5.32. The minimum atomic E-state index is 0.331. The Morgan fingerprint density at radius 2 is 2.00 bits per heavy atom. The van der Waals surface area contributed by atoms with Crippen LogP contribution in [0.1, 0.15) is 13.3 Å². The van der Waals surface area contributed by atoms with E-state index in [0.717, 1.165) is 6.42 Å². The molecule has 0 nitrogen and oxygen atoms in total. The SMILES string of the molecule is CCC(=S)C(=S)Cl. The summed E-state index contributed by atoms with van der Waals surface area (Å²) in [5, 5.41) is 0. The Labute approximate surface area is 58.9 Å². The van der Waals surface area contributed by atoms with E-state index >= 15 is 0 Å². The highest BCUT2D eigenvalue weighted by molar-refractivity contribution is 7.91. The van der Waals surface area contributed by atoms with Crippen molar-refractivity contribution < 1.29 is 0 Å². The predicted octanol–water partition coefficient (Wildman–Crippen LogP) is 2.33. The van der Waals surface area contributed by atoms with Gasteiger partial charge in [0, 0.05) is 4.86 Å². The van der Waals surface area contributed by atoms with E-state index in [1.54, 1.807) is 0 Å². The second-order valence-electron chi connectivity index (χ2n) is 1.05. The molecule has 0 fully saturated rings. The average Bonchev–Trinajstić information content (AvgIpc) is 1.65. The van der Waals surface area contributed by atoms with Crippen molar-refractivity contribution in [3.05, 3.63) is 0 Å². The molecule has 0 N–H and O–H groups in total. The summed E-state index contributed by atoms with van der Waals surface area (Å²) in [7, 11) is 0. The monoisotopic (exact) mass is 152 g/mol. The Balaban J connectivity index is 3.58. The summed E-state index contributed by atoms with van der Waals surface area (Å²) in [6.45, 7) is 1.93. The molecular weight excluding hydrogens is 148 g/mol. The largest absolute Gasteiger partial charge is 0.117 e. The van der Waals surface area contributed by atoms with Gasteiger partial charge in [-0.15, -0.1) is 0 Å². The highest BCUT2D eigenvalue weighted by Crippen LogP contribution is 1.93. The Kier molecular flexibility index (Phi) is 3.70. The van der Waals surface area contributed by atoms with Crippen LogP contribution in [-0.2, 0) is 0 Å². The molecule has 7 heavy (non-hydrogen) atoms. The summed E-state index contributed by atoms with van der Waals surface area (Å²) in [6.07, 6.45) is 0.775. The third-order valence-electron chi connectivity index (χ3n) is 0.540. The van der Waals surface area contributed by atoms with Crippen molar-refractivity contribution in [1.82, 2.24) is 0 Å². The van der Waals surface area contributed by atoms with Gasteiger partial charge in [-0.1, -0.05) is 43.0 Å². The molecule has 0 saturated carbocycles. The van der Waals surface area contributed by atoms with Crippen molar-refractivity contribution in [1.29, 1.82) is 0 Å². The second kappa shape index (κ2) is 3.47. The minimum absolute atomic E-state index is 0.331. The number of halogens is 1. The summed E-state index contributed by atoms with van der Waals surface area (Å²) in [4.78, 5) is 0.677. The van der Waals surface area contributed by atoms with E-state index in [0.29, 0.717) is 9.19 Å². The molecule has 0 aliphatic rings. The Hall–Kier alpha value is 0.470. The lowest BCUT2D eigenvalue weighted by Gasteiger charge is -1.87. The van der Waals surface area contributed by atoms with Gasteiger partial charge in [0.25, 0.3) is 0 Å². The smallest absolute Gasteiger partial charge is 0.0824 e. The lowest BCUT2D eigenvalue weighted by atomic mass is 10.4. The van der Waals surface area contributed by atoms with Crippen molar-refractivity contribution >= 4 is 45.2 Å². The first-order valence-electron chi connectivity index (χ1n) is 1.91. The standard InChI is InChI=1S/C4H5ClS2/c1-2-3(6)4(5)7/h2H2,1H3. The molecule has 40 valence electrons. The Bertz CT molecular complexity index is 97.9. The van der Waals surface area contributed by atoms with Gasteiger partial charge in [-0.3, -0.25) is 0 Å². The second-order valence-corrected chi connectivity index (χ2v) is 2.55. The van der Waals surface area contributed by atoms with Gasteiger partial charge in [-0.05, 0) is 6.42 Å². The van der Waals surface area contributed by atoms with Crippen LogP contribution in [0.25, 0.3) is 0 Å². The zero-order valence-corrected chi connectivity index (χ0v) is 6.29. The molecule has 0 unspecified atom stereocenters. The van der Waals surface area contributed by atoms with Gasteiger partial charge >= 0.3 is 0 Å². The fourth-order valence-corrected chi connectivity index (χ4v) is 0.417. The van der Waals surface area contributed by atoms with Gasteiger partial charge < -0.3 is 0 Å². The number of hydrogen-bond acceptors (Lipinski definition) is 2.